The lowest BCUT2D eigenvalue weighted by Crippen LogP contribution is -2.48. The molecule has 1 aliphatic carbocycles. The van der Waals surface area contributed by atoms with Crippen LogP contribution in [-0.2, 0) is 6.42 Å². The highest BCUT2D eigenvalue weighted by molar-refractivity contribution is 7.13. The van der Waals surface area contributed by atoms with Crippen LogP contribution < -0.4 is 5.73 Å². The molecule has 0 radical (unpaired) electrons. The van der Waals surface area contributed by atoms with E-state index < -0.39 is 0 Å². The quantitative estimate of drug-likeness (QED) is 0.876. The van der Waals surface area contributed by atoms with E-state index in [1.807, 2.05) is 0 Å². The lowest BCUT2D eigenvalue weighted by molar-refractivity contribution is 0.222. The van der Waals surface area contributed by atoms with E-state index in [1.165, 1.54) is 17.8 Å². The molecule has 3 rings (SSSR count). The zero-order chi connectivity index (χ0) is 11.0. The van der Waals surface area contributed by atoms with Gasteiger partial charge in [0.25, 0.3) is 0 Å². The van der Waals surface area contributed by atoms with Gasteiger partial charge < -0.3 is 10.3 Å². The Kier molecular flexibility index (Phi) is 2.26. The topological polar surface area (TPSA) is 77.8 Å². The molecule has 2 aromatic rings. The molecular formula is C10H12N4OS. The van der Waals surface area contributed by atoms with Gasteiger partial charge in [-0.25, -0.2) is 0 Å². The minimum atomic E-state index is -0.114. The number of hydrogen-bond acceptors (Lipinski definition) is 6. The fourth-order valence-corrected chi connectivity index (χ4v) is 2.41. The van der Waals surface area contributed by atoms with Crippen molar-refractivity contribution in [3.8, 4) is 10.7 Å². The van der Waals surface area contributed by atoms with Crippen LogP contribution in [0.2, 0.25) is 0 Å². The number of nitrogens with two attached hydrogens (primary N) is 1. The minimum absolute atomic E-state index is 0.114. The Bertz CT molecular complexity index is 475. The largest absolute Gasteiger partial charge is 0.339 e. The maximum atomic E-state index is 6.13. The van der Waals surface area contributed by atoms with Crippen LogP contribution in [0.3, 0.4) is 0 Å². The third-order valence-electron chi connectivity index (χ3n) is 2.97. The standard InChI is InChI=1S/C10H12N4OS/c11-10(2-1-3-10)4-8-13-9(14-15-8)7-5-12-6-16-7/h5-6H,1-4,11H2. The van der Waals surface area contributed by atoms with Crippen molar-refractivity contribution >= 4 is 11.3 Å². The van der Waals surface area contributed by atoms with Crippen molar-refractivity contribution in [1.82, 2.24) is 15.1 Å². The van der Waals surface area contributed by atoms with E-state index in [0.717, 1.165) is 17.7 Å². The number of aromatic nitrogens is 3. The summed E-state index contributed by atoms with van der Waals surface area (Å²) in [6, 6.07) is 0. The molecule has 0 bridgehead atoms. The first kappa shape index (κ1) is 9.92. The van der Waals surface area contributed by atoms with Gasteiger partial charge in [0, 0.05) is 18.2 Å². The lowest BCUT2D eigenvalue weighted by Gasteiger charge is -2.36. The van der Waals surface area contributed by atoms with E-state index in [1.54, 1.807) is 11.7 Å². The van der Waals surface area contributed by atoms with Crippen LogP contribution in [0.4, 0.5) is 0 Å². The highest BCUT2D eigenvalue weighted by Gasteiger charge is 2.34. The van der Waals surface area contributed by atoms with Gasteiger partial charge in [0.15, 0.2) is 0 Å². The smallest absolute Gasteiger partial charge is 0.228 e. The molecule has 2 N–H and O–H groups in total. The predicted octanol–water partition coefficient (Wildman–Crippen LogP) is 1.62. The molecule has 84 valence electrons. The van der Waals surface area contributed by atoms with Gasteiger partial charge >= 0.3 is 0 Å². The first-order valence-electron chi connectivity index (χ1n) is 5.26. The molecule has 0 saturated heterocycles. The average Bonchev–Trinajstić information content (AvgIpc) is 2.83. The highest BCUT2D eigenvalue weighted by Crippen LogP contribution is 2.32. The zero-order valence-electron chi connectivity index (χ0n) is 8.72. The lowest BCUT2D eigenvalue weighted by atomic mass is 9.75. The fraction of sp³-hybridized carbons (Fsp3) is 0.500. The molecule has 1 fully saturated rings. The fourth-order valence-electron chi connectivity index (χ4n) is 1.86. The Morgan fingerprint density at radius 2 is 2.38 bits per heavy atom. The third kappa shape index (κ3) is 1.74. The predicted molar refractivity (Wildman–Crippen MR) is 59.9 cm³/mol. The third-order valence-corrected chi connectivity index (χ3v) is 3.74. The molecule has 0 atom stereocenters. The molecule has 5 nitrogen and oxygen atoms in total. The van der Waals surface area contributed by atoms with Crippen molar-refractivity contribution in [2.45, 2.75) is 31.2 Å². The first-order valence-corrected chi connectivity index (χ1v) is 6.13. The monoisotopic (exact) mass is 236 g/mol. The van der Waals surface area contributed by atoms with Crippen molar-refractivity contribution in [3.05, 3.63) is 17.6 Å². The summed E-state index contributed by atoms with van der Waals surface area (Å²) < 4.78 is 5.20. The molecule has 0 aromatic carbocycles. The van der Waals surface area contributed by atoms with Crippen LogP contribution in [0.1, 0.15) is 25.2 Å². The van der Waals surface area contributed by atoms with Crippen LogP contribution in [0.25, 0.3) is 10.7 Å². The number of nitrogens with zero attached hydrogens (tertiary/aromatic N) is 3. The van der Waals surface area contributed by atoms with Crippen molar-refractivity contribution in [3.63, 3.8) is 0 Å². The summed E-state index contributed by atoms with van der Waals surface area (Å²) in [5.41, 5.74) is 7.76. The first-order chi connectivity index (χ1) is 7.75. The summed E-state index contributed by atoms with van der Waals surface area (Å²) in [5.74, 6) is 1.24. The van der Waals surface area contributed by atoms with Crippen LogP contribution in [-0.4, -0.2) is 20.7 Å². The Morgan fingerprint density at radius 1 is 1.50 bits per heavy atom. The zero-order valence-corrected chi connectivity index (χ0v) is 9.54. The SMILES string of the molecule is NC1(Cc2nc(-c3cncs3)no2)CCC1. The number of thiazole rings is 1. The van der Waals surface area contributed by atoms with Crippen LogP contribution in [0, 0.1) is 0 Å². The molecular weight excluding hydrogens is 224 g/mol. The molecule has 0 spiro atoms. The highest BCUT2D eigenvalue weighted by atomic mass is 32.1. The van der Waals surface area contributed by atoms with Gasteiger partial charge in [-0.05, 0) is 19.3 Å². The Labute approximate surface area is 96.7 Å². The second-order valence-corrected chi connectivity index (χ2v) is 5.16. The molecule has 1 aliphatic rings. The molecule has 16 heavy (non-hydrogen) atoms. The maximum Gasteiger partial charge on any atom is 0.228 e. The van der Waals surface area contributed by atoms with E-state index in [-0.39, 0.29) is 5.54 Å². The minimum Gasteiger partial charge on any atom is -0.339 e. The van der Waals surface area contributed by atoms with Crippen molar-refractivity contribution in [2.24, 2.45) is 5.73 Å². The number of hydrogen-bond donors (Lipinski definition) is 1. The molecule has 2 aromatic heterocycles. The summed E-state index contributed by atoms with van der Waals surface area (Å²) in [6.45, 7) is 0. The maximum absolute atomic E-state index is 6.13. The van der Waals surface area contributed by atoms with E-state index in [0.29, 0.717) is 18.1 Å². The van der Waals surface area contributed by atoms with Crippen molar-refractivity contribution in [1.29, 1.82) is 0 Å². The number of rotatable bonds is 3. The van der Waals surface area contributed by atoms with Crippen molar-refractivity contribution in [2.75, 3.05) is 0 Å². The van der Waals surface area contributed by atoms with E-state index in [2.05, 4.69) is 15.1 Å². The van der Waals surface area contributed by atoms with Crippen molar-refractivity contribution < 1.29 is 4.52 Å². The van der Waals surface area contributed by atoms with Gasteiger partial charge in [-0.1, -0.05) is 5.16 Å². The average molecular weight is 236 g/mol. The summed E-state index contributed by atoms with van der Waals surface area (Å²) >= 11 is 1.50. The molecule has 0 amide bonds. The van der Waals surface area contributed by atoms with E-state index in [9.17, 15) is 0 Å². The van der Waals surface area contributed by atoms with Crippen LogP contribution >= 0.6 is 11.3 Å². The second-order valence-electron chi connectivity index (χ2n) is 4.27. The van der Waals surface area contributed by atoms with Gasteiger partial charge in [-0.3, -0.25) is 4.98 Å². The Balaban J connectivity index is 1.78. The van der Waals surface area contributed by atoms with E-state index >= 15 is 0 Å². The Hall–Kier alpha value is -1.27. The molecule has 1 saturated carbocycles. The summed E-state index contributed by atoms with van der Waals surface area (Å²) in [4.78, 5) is 9.24. The summed E-state index contributed by atoms with van der Waals surface area (Å²) in [6.07, 6.45) is 5.71. The summed E-state index contributed by atoms with van der Waals surface area (Å²) in [5, 5.41) is 3.93. The Morgan fingerprint density at radius 3 is 3.00 bits per heavy atom. The molecule has 2 heterocycles. The molecule has 0 aliphatic heterocycles. The van der Waals surface area contributed by atoms with Gasteiger partial charge in [0.2, 0.25) is 11.7 Å². The van der Waals surface area contributed by atoms with E-state index in [4.69, 9.17) is 10.3 Å². The normalized spacial score (nSPS) is 18.3. The van der Waals surface area contributed by atoms with Crippen LogP contribution in [0.15, 0.2) is 16.2 Å². The second kappa shape index (κ2) is 3.64. The molecule has 0 unspecified atom stereocenters. The van der Waals surface area contributed by atoms with Gasteiger partial charge in [-0.15, -0.1) is 11.3 Å². The van der Waals surface area contributed by atoms with Gasteiger partial charge in [0.1, 0.15) is 0 Å². The summed E-state index contributed by atoms with van der Waals surface area (Å²) in [7, 11) is 0. The van der Waals surface area contributed by atoms with Gasteiger partial charge in [-0.2, -0.15) is 4.98 Å². The van der Waals surface area contributed by atoms with Gasteiger partial charge in [0.05, 0.1) is 10.4 Å². The molecule has 6 heteroatoms. The van der Waals surface area contributed by atoms with Crippen LogP contribution in [0.5, 0.6) is 0 Å².